The summed E-state index contributed by atoms with van der Waals surface area (Å²) in [7, 11) is 2.03. The SMILES string of the molecule is CC1CCC2(CC1)CN(C)CC2C(=O)Nc1ccc(C(F)(F)F)cc1. The summed E-state index contributed by atoms with van der Waals surface area (Å²) in [5.41, 5.74) is -0.271. The summed E-state index contributed by atoms with van der Waals surface area (Å²) >= 11 is 0. The fourth-order valence-corrected chi connectivity index (χ4v) is 4.39. The first-order valence-electron chi connectivity index (χ1n) is 8.86. The Morgan fingerprint density at radius 3 is 2.36 bits per heavy atom. The van der Waals surface area contributed by atoms with Crippen molar-refractivity contribution < 1.29 is 18.0 Å². The van der Waals surface area contributed by atoms with Crippen molar-refractivity contribution in [2.75, 3.05) is 25.5 Å². The second-order valence-electron chi connectivity index (χ2n) is 7.86. The van der Waals surface area contributed by atoms with Crippen molar-refractivity contribution in [3.8, 4) is 0 Å². The van der Waals surface area contributed by atoms with Crippen LogP contribution < -0.4 is 5.32 Å². The maximum absolute atomic E-state index is 12.8. The monoisotopic (exact) mass is 354 g/mol. The van der Waals surface area contributed by atoms with Crippen LogP contribution in [0.15, 0.2) is 24.3 Å². The number of carbonyl (C=O) groups is 1. The topological polar surface area (TPSA) is 32.3 Å². The first kappa shape index (κ1) is 18.2. The molecule has 1 aliphatic heterocycles. The fourth-order valence-electron chi connectivity index (χ4n) is 4.39. The van der Waals surface area contributed by atoms with Gasteiger partial charge >= 0.3 is 6.18 Å². The molecule has 0 bridgehead atoms. The van der Waals surface area contributed by atoms with Crippen molar-refractivity contribution in [2.45, 2.75) is 38.8 Å². The van der Waals surface area contributed by atoms with E-state index < -0.39 is 11.7 Å². The zero-order chi connectivity index (χ0) is 18.2. The minimum atomic E-state index is -4.36. The quantitative estimate of drug-likeness (QED) is 0.854. The molecule has 1 unspecified atom stereocenters. The van der Waals surface area contributed by atoms with E-state index in [-0.39, 0.29) is 17.2 Å². The lowest BCUT2D eigenvalue weighted by Gasteiger charge is -2.39. The highest BCUT2D eigenvalue weighted by molar-refractivity contribution is 5.93. The molecule has 1 saturated carbocycles. The molecule has 3 nitrogen and oxygen atoms in total. The molecule has 1 aromatic carbocycles. The predicted octanol–water partition coefficient (Wildman–Crippen LogP) is 4.40. The van der Waals surface area contributed by atoms with Crippen LogP contribution in [0, 0.1) is 17.3 Å². The molecular weight excluding hydrogens is 329 g/mol. The third-order valence-electron chi connectivity index (χ3n) is 5.88. The van der Waals surface area contributed by atoms with Crippen molar-refractivity contribution in [3.63, 3.8) is 0 Å². The number of amides is 1. The molecule has 0 aromatic heterocycles. The maximum Gasteiger partial charge on any atom is 0.416 e. The van der Waals surface area contributed by atoms with Gasteiger partial charge in [0.2, 0.25) is 5.91 Å². The van der Waals surface area contributed by atoms with Gasteiger partial charge in [-0.3, -0.25) is 4.79 Å². The van der Waals surface area contributed by atoms with Gasteiger partial charge in [0.25, 0.3) is 0 Å². The summed E-state index contributed by atoms with van der Waals surface area (Å²) in [4.78, 5) is 15.0. The number of hydrogen-bond donors (Lipinski definition) is 1. The fraction of sp³-hybridized carbons (Fsp3) is 0.632. The molecule has 6 heteroatoms. The molecule has 1 heterocycles. The summed E-state index contributed by atoms with van der Waals surface area (Å²) in [5, 5.41) is 2.83. The first-order chi connectivity index (χ1) is 11.7. The van der Waals surface area contributed by atoms with E-state index in [0.717, 1.165) is 44.4 Å². The Kier molecular flexibility index (Phi) is 4.84. The number of halogens is 3. The average molecular weight is 354 g/mol. The molecule has 138 valence electrons. The number of carbonyl (C=O) groups excluding carboxylic acids is 1. The van der Waals surface area contributed by atoms with E-state index in [1.54, 1.807) is 0 Å². The van der Waals surface area contributed by atoms with E-state index >= 15 is 0 Å². The van der Waals surface area contributed by atoms with Crippen LogP contribution in [-0.2, 0) is 11.0 Å². The standard InChI is InChI=1S/C19H25F3N2O/c1-13-7-9-18(10-8-13)12-24(2)11-16(18)17(25)23-15-5-3-14(4-6-15)19(20,21)22/h3-6,13,16H,7-12H2,1-2H3,(H,23,25). The van der Waals surface area contributed by atoms with E-state index in [1.165, 1.54) is 12.1 Å². The molecule has 1 saturated heterocycles. The van der Waals surface area contributed by atoms with E-state index in [9.17, 15) is 18.0 Å². The second-order valence-corrected chi connectivity index (χ2v) is 7.86. The highest BCUT2D eigenvalue weighted by Gasteiger charge is 2.49. The Morgan fingerprint density at radius 2 is 1.80 bits per heavy atom. The number of anilines is 1. The van der Waals surface area contributed by atoms with Gasteiger partial charge in [-0.25, -0.2) is 0 Å². The molecular formula is C19H25F3N2O. The van der Waals surface area contributed by atoms with Gasteiger partial charge < -0.3 is 10.2 Å². The summed E-state index contributed by atoms with van der Waals surface area (Å²) in [6.07, 6.45) is 0.00254. The molecule has 1 amide bonds. The Hall–Kier alpha value is -1.56. The Morgan fingerprint density at radius 1 is 1.20 bits per heavy atom. The van der Waals surface area contributed by atoms with Crippen molar-refractivity contribution in [1.82, 2.24) is 4.90 Å². The Balaban J connectivity index is 1.71. The molecule has 1 aromatic rings. The smallest absolute Gasteiger partial charge is 0.326 e. The van der Waals surface area contributed by atoms with Crippen LogP contribution in [0.4, 0.5) is 18.9 Å². The lowest BCUT2D eigenvalue weighted by atomic mass is 9.65. The van der Waals surface area contributed by atoms with Crippen LogP contribution in [0.1, 0.15) is 38.2 Å². The Labute approximate surface area is 146 Å². The van der Waals surface area contributed by atoms with Gasteiger partial charge in [-0.15, -0.1) is 0 Å². The van der Waals surface area contributed by atoms with Gasteiger partial charge in [0.05, 0.1) is 11.5 Å². The minimum Gasteiger partial charge on any atom is -0.326 e. The summed E-state index contributed by atoms with van der Waals surface area (Å²) in [6.45, 7) is 3.88. The zero-order valence-corrected chi connectivity index (χ0v) is 14.7. The number of alkyl halides is 3. The van der Waals surface area contributed by atoms with Gasteiger partial charge in [0.15, 0.2) is 0 Å². The summed E-state index contributed by atoms with van der Waals surface area (Å²) in [5.74, 6) is 0.529. The number of nitrogens with zero attached hydrogens (tertiary/aromatic N) is 1. The van der Waals surface area contributed by atoms with Gasteiger partial charge in [0.1, 0.15) is 0 Å². The molecule has 2 aliphatic rings. The van der Waals surface area contributed by atoms with Crippen LogP contribution in [0.3, 0.4) is 0 Å². The molecule has 1 spiro atoms. The number of rotatable bonds is 2. The van der Waals surface area contributed by atoms with Crippen molar-refractivity contribution >= 4 is 11.6 Å². The predicted molar refractivity (Wildman–Crippen MR) is 91.1 cm³/mol. The number of likely N-dealkylation sites (tertiary alicyclic amines) is 1. The largest absolute Gasteiger partial charge is 0.416 e. The second kappa shape index (κ2) is 6.63. The molecule has 25 heavy (non-hydrogen) atoms. The van der Waals surface area contributed by atoms with Gasteiger partial charge in [-0.1, -0.05) is 19.8 Å². The molecule has 2 fully saturated rings. The van der Waals surface area contributed by atoms with Crippen molar-refractivity contribution in [1.29, 1.82) is 0 Å². The molecule has 1 atom stereocenters. The molecule has 3 rings (SSSR count). The number of benzene rings is 1. The summed E-state index contributed by atoms with van der Waals surface area (Å²) < 4.78 is 37.9. The molecule has 1 N–H and O–H groups in total. The highest BCUT2D eigenvalue weighted by atomic mass is 19.4. The average Bonchev–Trinajstić information content (AvgIpc) is 2.87. The zero-order valence-electron chi connectivity index (χ0n) is 14.7. The van der Waals surface area contributed by atoms with Crippen LogP contribution >= 0.6 is 0 Å². The highest BCUT2D eigenvalue weighted by Crippen LogP contribution is 2.48. The van der Waals surface area contributed by atoms with E-state index in [2.05, 4.69) is 17.1 Å². The van der Waals surface area contributed by atoms with Gasteiger partial charge in [-0.2, -0.15) is 13.2 Å². The summed E-state index contributed by atoms with van der Waals surface area (Å²) in [6, 6.07) is 4.67. The maximum atomic E-state index is 12.8. The lowest BCUT2D eigenvalue weighted by Crippen LogP contribution is -2.40. The van der Waals surface area contributed by atoms with E-state index in [0.29, 0.717) is 18.2 Å². The third kappa shape index (κ3) is 3.84. The van der Waals surface area contributed by atoms with Crippen molar-refractivity contribution in [2.24, 2.45) is 17.3 Å². The van der Waals surface area contributed by atoms with Crippen LogP contribution in [0.25, 0.3) is 0 Å². The van der Waals surface area contributed by atoms with Crippen LogP contribution in [0.2, 0.25) is 0 Å². The third-order valence-corrected chi connectivity index (χ3v) is 5.88. The minimum absolute atomic E-state index is 0.0112. The Bertz CT molecular complexity index is 619. The van der Waals surface area contributed by atoms with Gasteiger partial charge in [-0.05, 0) is 55.5 Å². The lowest BCUT2D eigenvalue weighted by molar-refractivity contribution is -0.137. The van der Waals surface area contributed by atoms with E-state index in [4.69, 9.17) is 0 Å². The van der Waals surface area contributed by atoms with Gasteiger partial charge in [0, 0.05) is 18.8 Å². The van der Waals surface area contributed by atoms with Crippen LogP contribution in [0.5, 0.6) is 0 Å². The molecule has 0 radical (unpaired) electrons. The number of hydrogen-bond acceptors (Lipinski definition) is 2. The molecule has 1 aliphatic carbocycles. The first-order valence-corrected chi connectivity index (χ1v) is 8.86. The van der Waals surface area contributed by atoms with E-state index in [1.807, 2.05) is 7.05 Å². The normalized spacial score (nSPS) is 30.6. The van der Waals surface area contributed by atoms with Crippen molar-refractivity contribution in [3.05, 3.63) is 29.8 Å². The number of nitrogens with one attached hydrogen (secondary N) is 1. The van der Waals surface area contributed by atoms with Crippen LogP contribution in [-0.4, -0.2) is 30.9 Å².